The summed E-state index contributed by atoms with van der Waals surface area (Å²) in [6, 6.07) is 6.06. The Kier molecular flexibility index (Phi) is 5.83. The molecule has 5 heteroatoms. The van der Waals surface area contributed by atoms with Crippen LogP contribution in [-0.4, -0.2) is 44.7 Å². The molecule has 1 saturated heterocycles. The highest BCUT2D eigenvalue weighted by molar-refractivity contribution is 5.78. The molecule has 0 bridgehead atoms. The molecular formula is C17H24N2O3. The van der Waals surface area contributed by atoms with Gasteiger partial charge in [-0.05, 0) is 25.5 Å². The average molecular weight is 304 g/mol. The van der Waals surface area contributed by atoms with Gasteiger partial charge in [0.25, 0.3) is 0 Å². The highest BCUT2D eigenvalue weighted by atomic mass is 16.5. The highest BCUT2D eigenvalue weighted by Gasteiger charge is 2.29. The van der Waals surface area contributed by atoms with Gasteiger partial charge in [-0.15, -0.1) is 6.58 Å². The lowest BCUT2D eigenvalue weighted by Crippen LogP contribution is -2.37. The molecule has 0 aliphatic carbocycles. The van der Waals surface area contributed by atoms with Crippen LogP contribution in [0.2, 0.25) is 0 Å². The van der Waals surface area contributed by atoms with Crippen LogP contribution in [0.3, 0.4) is 0 Å². The average Bonchev–Trinajstić information content (AvgIpc) is 3.00. The third-order valence-corrected chi connectivity index (χ3v) is 3.95. The molecule has 1 aromatic rings. The second kappa shape index (κ2) is 7.84. The van der Waals surface area contributed by atoms with Gasteiger partial charge in [-0.2, -0.15) is 0 Å². The number of benzene rings is 1. The topological polar surface area (TPSA) is 50.8 Å². The van der Waals surface area contributed by atoms with Crippen LogP contribution < -0.4 is 14.8 Å². The number of nitrogens with zero attached hydrogens (tertiary/aromatic N) is 1. The molecule has 5 nitrogen and oxygen atoms in total. The Morgan fingerprint density at radius 1 is 1.45 bits per heavy atom. The minimum atomic E-state index is 0.0271. The molecule has 1 aliphatic rings. The van der Waals surface area contributed by atoms with Crippen LogP contribution in [0.1, 0.15) is 24.4 Å². The number of amides is 1. The van der Waals surface area contributed by atoms with E-state index in [4.69, 9.17) is 9.47 Å². The van der Waals surface area contributed by atoms with Crippen molar-refractivity contribution in [1.82, 2.24) is 10.2 Å². The summed E-state index contributed by atoms with van der Waals surface area (Å²) in [5, 5.41) is 2.83. The maximum absolute atomic E-state index is 11.9. The van der Waals surface area contributed by atoms with E-state index in [0.29, 0.717) is 13.1 Å². The number of nitrogens with one attached hydrogen (secondary N) is 1. The van der Waals surface area contributed by atoms with Gasteiger partial charge in [-0.3, -0.25) is 9.69 Å². The van der Waals surface area contributed by atoms with Gasteiger partial charge in [0.15, 0.2) is 0 Å². The summed E-state index contributed by atoms with van der Waals surface area (Å²) in [4.78, 5) is 14.1. The maximum Gasteiger partial charge on any atom is 0.234 e. The zero-order valence-electron chi connectivity index (χ0n) is 13.3. The Bertz CT molecular complexity index is 531. The van der Waals surface area contributed by atoms with Crippen LogP contribution >= 0.6 is 0 Å². The number of ether oxygens (including phenoxy) is 2. The molecule has 1 amide bonds. The first-order valence-corrected chi connectivity index (χ1v) is 7.53. The third-order valence-electron chi connectivity index (χ3n) is 3.95. The van der Waals surface area contributed by atoms with Crippen molar-refractivity contribution < 1.29 is 14.3 Å². The molecule has 1 heterocycles. The van der Waals surface area contributed by atoms with Crippen molar-refractivity contribution >= 4 is 5.91 Å². The van der Waals surface area contributed by atoms with Crippen molar-refractivity contribution in [2.75, 3.05) is 33.9 Å². The second-order valence-corrected chi connectivity index (χ2v) is 5.33. The summed E-state index contributed by atoms with van der Waals surface area (Å²) in [6.45, 7) is 5.43. The molecule has 1 aliphatic heterocycles. The molecule has 22 heavy (non-hydrogen) atoms. The summed E-state index contributed by atoms with van der Waals surface area (Å²) in [6.07, 6.45) is 3.79. The monoisotopic (exact) mass is 304 g/mol. The van der Waals surface area contributed by atoms with E-state index in [0.717, 1.165) is 36.4 Å². The normalized spacial score (nSPS) is 18.0. The quantitative estimate of drug-likeness (QED) is 0.784. The fourth-order valence-electron chi connectivity index (χ4n) is 2.89. The van der Waals surface area contributed by atoms with Crippen molar-refractivity contribution in [3.05, 3.63) is 36.4 Å². The van der Waals surface area contributed by atoms with Crippen molar-refractivity contribution in [2.24, 2.45) is 0 Å². The maximum atomic E-state index is 11.9. The first-order valence-electron chi connectivity index (χ1n) is 7.53. The molecule has 0 aromatic heterocycles. The van der Waals surface area contributed by atoms with E-state index in [1.165, 1.54) is 0 Å². The predicted molar refractivity (Wildman–Crippen MR) is 86.3 cm³/mol. The van der Waals surface area contributed by atoms with Crippen LogP contribution in [0.4, 0.5) is 0 Å². The van der Waals surface area contributed by atoms with Gasteiger partial charge >= 0.3 is 0 Å². The number of methoxy groups -OCH3 is 2. The molecule has 120 valence electrons. The molecule has 2 rings (SSSR count). The summed E-state index contributed by atoms with van der Waals surface area (Å²) in [5.74, 6) is 1.61. The summed E-state index contributed by atoms with van der Waals surface area (Å²) < 4.78 is 10.7. The van der Waals surface area contributed by atoms with Gasteiger partial charge in [-0.1, -0.05) is 12.1 Å². The van der Waals surface area contributed by atoms with E-state index in [1.807, 2.05) is 18.2 Å². The molecule has 1 unspecified atom stereocenters. The molecule has 0 spiro atoms. The standard InChI is InChI=1S/C17H24N2O3/c1-4-9-18-17(20)12-19-10-5-6-15(19)14-8-7-13(21-2)11-16(14)22-3/h4,7-8,11,15H,1,5-6,9-10,12H2,2-3H3,(H,18,20). The molecule has 0 saturated carbocycles. The SMILES string of the molecule is C=CCNC(=O)CN1CCCC1c1ccc(OC)cc1OC. The number of carbonyl (C=O) groups excluding carboxylic acids is 1. The van der Waals surface area contributed by atoms with Gasteiger partial charge in [-0.25, -0.2) is 0 Å². The van der Waals surface area contributed by atoms with Crippen molar-refractivity contribution in [2.45, 2.75) is 18.9 Å². The number of hydrogen-bond donors (Lipinski definition) is 1. The van der Waals surface area contributed by atoms with Gasteiger partial charge in [0.1, 0.15) is 11.5 Å². The largest absolute Gasteiger partial charge is 0.497 e. The van der Waals surface area contributed by atoms with E-state index < -0.39 is 0 Å². The molecule has 1 atom stereocenters. The van der Waals surface area contributed by atoms with Crippen LogP contribution in [0, 0.1) is 0 Å². The highest BCUT2D eigenvalue weighted by Crippen LogP contribution is 2.38. The van der Waals surface area contributed by atoms with E-state index in [2.05, 4.69) is 16.8 Å². The Balaban J connectivity index is 2.13. The smallest absolute Gasteiger partial charge is 0.234 e. The van der Waals surface area contributed by atoms with Crippen LogP contribution in [0.15, 0.2) is 30.9 Å². The van der Waals surface area contributed by atoms with Crippen molar-refractivity contribution in [1.29, 1.82) is 0 Å². The van der Waals surface area contributed by atoms with Gasteiger partial charge in [0.2, 0.25) is 5.91 Å². The lowest BCUT2D eigenvalue weighted by atomic mass is 10.0. The van der Waals surface area contributed by atoms with E-state index in [1.54, 1.807) is 20.3 Å². The minimum absolute atomic E-state index is 0.0271. The van der Waals surface area contributed by atoms with Crippen molar-refractivity contribution in [3.63, 3.8) is 0 Å². The zero-order valence-corrected chi connectivity index (χ0v) is 13.3. The number of carbonyl (C=O) groups is 1. The first-order chi connectivity index (χ1) is 10.7. The Morgan fingerprint density at radius 3 is 2.95 bits per heavy atom. The van der Waals surface area contributed by atoms with Crippen LogP contribution in [0.5, 0.6) is 11.5 Å². The van der Waals surface area contributed by atoms with Crippen molar-refractivity contribution in [3.8, 4) is 11.5 Å². The van der Waals surface area contributed by atoms with Gasteiger partial charge < -0.3 is 14.8 Å². The van der Waals surface area contributed by atoms with Gasteiger partial charge in [0, 0.05) is 24.2 Å². The summed E-state index contributed by atoms with van der Waals surface area (Å²) in [7, 11) is 3.30. The second-order valence-electron chi connectivity index (χ2n) is 5.33. The minimum Gasteiger partial charge on any atom is -0.497 e. The Labute approximate surface area is 131 Å². The fourth-order valence-corrected chi connectivity index (χ4v) is 2.89. The Hall–Kier alpha value is -2.01. The number of hydrogen-bond acceptors (Lipinski definition) is 4. The molecule has 1 aromatic carbocycles. The Morgan fingerprint density at radius 2 is 2.27 bits per heavy atom. The number of rotatable bonds is 7. The van der Waals surface area contributed by atoms with E-state index in [9.17, 15) is 4.79 Å². The zero-order chi connectivity index (χ0) is 15.9. The number of likely N-dealkylation sites (tertiary alicyclic amines) is 1. The van der Waals surface area contributed by atoms with Crippen LogP contribution in [0.25, 0.3) is 0 Å². The summed E-state index contributed by atoms with van der Waals surface area (Å²) in [5.41, 5.74) is 1.11. The van der Waals surface area contributed by atoms with E-state index in [-0.39, 0.29) is 11.9 Å². The fraction of sp³-hybridized carbons (Fsp3) is 0.471. The predicted octanol–water partition coefficient (Wildman–Crippen LogP) is 2.14. The molecule has 0 radical (unpaired) electrons. The third kappa shape index (κ3) is 3.80. The lowest BCUT2D eigenvalue weighted by Gasteiger charge is -2.25. The molecule has 1 N–H and O–H groups in total. The van der Waals surface area contributed by atoms with Crippen LogP contribution in [-0.2, 0) is 4.79 Å². The van der Waals surface area contributed by atoms with E-state index >= 15 is 0 Å². The van der Waals surface area contributed by atoms with Gasteiger partial charge in [0.05, 0.1) is 20.8 Å². The summed E-state index contributed by atoms with van der Waals surface area (Å²) >= 11 is 0. The molecular weight excluding hydrogens is 280 g/mol. The lowest BCUT2D eigenvalue weighted by molar-refractivity contribution is -0.122. The first kappa shape index (κ1) is 16.4. The molecule has 1 fully saturated rings.